The largest absolute Gasteiger partial charge is 0.466 e. The van der Waals surface area contributed by atoms with E-state index < -0.39 is 27.9 Å². The summed E-state index contributed by atoms with van der Waals surface area (Å²) in [6.07, 6.45) is 5.32. The lowest BCUT2D eigenvalue weighted by Gasteiger charge is -2.35. The number of carbonyl (C=O) groups excluding carboxylic acids is 1. The molecule has 0 radical (unpaired) electrons. The smallest absolute Gasteiger partial charge is 0.338 e. The Hall–Kier alpha value is -2.34. The zero-order valence-electron chi connectivity index (χ0n) is 18.5. The highest BCUT2D eigenvalue weighted by Gasteiger charge is 2.37. The molecule has 0 saturated heterocycles. The normalized spacial score (nSPS) is 23.3. The molecule has 0 amide bonds. The van der Waals surface area contributed by atoms with Crippen molar-refractivity contribution in [3.05, 3.63) is 62.5 Å². The number of allylic oxidation sites excluding steroid dienone is 1. The Bertz CT molecular complexity index is 1240. The molecule has 2 N–H and O–H groups in total. The number of esters is 1. The van der Waals surface area contributed by atoms with Gasteiger partial charge in [0.15, 0.2) is 10.8 Å². The maximum absolute atomic E-state index is 13.8. The Morgan fingerprint density at radius 1 is 1.29 bits per heavy atom. The third-order valence-electron chi connectivity index (χ3n) is 5.89. The van der Waals surface area contributed by atoms with Gasteiger partial charge in [-0.25, -0.2) is 27.3 Å². The highest BCUT2D eigenvalue weighted by atomic mass is 35.5. The molecule has 2 aromatic rings. The van der Waals surface area contributed by atoms with Crippen molar-refractivity contribution in [3.63, 3.8) is 0 Å². The number of rotatable bonds is 6. The Morgan fingerprint density at radius 3 is 2.62 bits per heavy atom. The predicted octanol–water partition coefficient (Wildman–Crippen LogP) is 3.56. The van der Waals surface area contributed by atoms with Crippen LogP contribution in [0.2, 0.25) is 5.02 Å². The number of methoxy groups -OCH3 is 1. The van der Waals surface area contributed by atoms with Crippen molar-refractivity contribution in [2.24, 2.45) is 10.9 Å². The Labute approximate surface area is 206 Å². The highest BCUT2D eigenvalue weighted by Crippen LogP contribution is 2.41. The van der Waals surface area contributed by atoms with Crippen LogP contribution in [0.3, 0.4) is 0 Å². The van der Waals surface area contributed by atoms with Crippen LogP contribution in [0.4, 0.5) is 4.39 Å². The van der Waals surface area contributed by atoms with Gasteiger partial charge in [-0.05, 0) is 43.7 Å². The summed E-state index contributed by atoms with van der Waals surface area (Å²) in [7, 11) is -2.01. The number of hydrogen-bond acceptors (Lipinski definition) is 8. The van der Waals surface area contributed by atoms with E-state index in [1.807, 2.05) is 5.38 Å². The third-order valence-corrected chi connectivity index (χ3v) is 7.76. The molecule has 1 aromatic carbocycles. The molecule has 182 valence electrons. The van der Waals surface area contributed by atoms with Gasteiger partial charge < -0.3 is 10.1 Å². The molecule has 1 saturated carbocycles. The molecule has 4 rings (SSSR count). The molecular weight excluding hydrogens is 503 g/mol. The van der Waals surface area contributed by atoms with Crippen LogP contribution in [0.1, 0.15) is 42.3 Å². The van der Waals surface area contributed by atoms with Crippen molar-refractivity contribution in [2.75, 3.05) is 13.4 Å². The molecule has 2 heterocycles. The van der Waals surface area contributed by atoms with Crippen molar-refractivity contribution in [1.29, 1.82) is 0 Å². The number of aliphatic imine (C=N–C) groups is 1. The van der Waals surface area contributed by atoms with Crippen LogP contribution in [0.25, 0.3) is 0 Å². The number of carbonyl (C=O) groups is 1. The fourth-order valence-electron chi connectivity index (χ4n) is 4.42. The van der Waals surface area contributed by atoms with Gasteiger partial charge in [-0.15, -0.1) is 11.3 Å². The van der Waals surface area contributed by atoms with E-state index in [9.17, 15) is 17.6 Å². The summed E-state index contributed by atoms with van der Waals surface area (Å²) < 4.78 is 44.8. The first-order chi connectivity index (χ1) is 16.2. The SMILES string of the molecule is COC(=O)C1=C(C2CCC(NS(C)(=O)=O)CC2)NC(c2nccs2)=NC1c1ccc(F)cc1Cl. The number of halogens is 2. The van der Waals surface area contributed by atoms with Crippen molar-refractivity contribution >= 4 is 44.8 Å². The van der Waals surface area contributed by atoms with E-state index in [0.717, 1.165) is 6.26 Å². The van der Waals surface area contributed by atoms with Crippen molar-refractivity contribution in [1.82, 2.24) is 15.0 Å². The molecule has 12 heteroatoms. The summed E-state index contributed by atoms with van der Waals surface area (Å²) in [5.74, 6) is -0.642. The Balaban J connectivity index is 1.76. The average Bonchev–Trinajstić information content (AvgIpc) is 3.32. The second-order valence-corrected chi connectivity index (χ2v) is 11.3. The van der Waals surface area contributed by atoms with Crippen LogP contribution in [0.5, 0.6) is 0 Å². The lowest BCUT2D eigenvalue weighted by Crippen LogP contribution is -2.41. The number of thiazole rings is 1. The first-order valence-corrected chi connectivity index (χ1v) is 13.8. The van der Waals surface area contributed by atoms with E-state index >= 15 is 0 Å². The fourth-order valence-corrected chi connectivity index (χ4v) is 6.12. The van der Waals surface area contributed by atoms with Gasteiger partial charge in [-0.1, -0.05) is 17.7 Å². The van der Waals surface area contributed by atoms with Crippen LogP contribution < -0.4 is 10.0 Å². The number of nitrogens with zero attached hydrogens (tertiary/aromatic N) is 2. The topological polar surface area (TPSA) is 110 Å². The van der Waals surface area contributed by atoms with Crippen LogP contribution in [0, 0.1) is 11.7 Å². The molecule has 8 nitrogen and oxygen atoms in total. The number of ether oxygens (including phenoxy) is 1. The molecule has 1 fully saturated rings. The molecular formula is C22H24ClFN4O4S2. The van der Waals surface area contributed by atoms with Gasteiger partial charge in [0, 0.05) is 33.9 Å². The van der Waals surface area contributed by atoms with E-state index in [2.05, 4.69) is 15.0 Å². The summed E-state index contributed by atoms with van der Waals surface area (Å²) in [4.78, 5) is 22.1. The van der Waals surface area contributed by atoms with Gasteiger partial charge in [0.2, 0.25) is 10.0 Å². The lowest BCUT2D eigenvalue weighted by atomic mass is 9.80. The molecule has 1 aliphatic heterocycles. The number of benzene rings is 1. The number of amidine groups is 1. The van der Waals surface area contributed by atoms with Crippen molar-refractivity contribution in [3.8, 4) is 0 Å². The molecule has 1 aromatic heterocycles. The van der Waals surface area contributed by atoms with Gasteiger partial charge in [0.25, 0.3) is 0 Å². The zero-order chi connectivity index (χ0) is 24.5. The second-order valence-electron chi connectivity index (χ2n) is 8.27. The molecule has 0 spiro atoms. The molecule has 0 bridgehead atoms. The van der Waals surface area contributed by atoms with E-state index in [0.29, 0.717) is 53.4 Å². The molecule has 34 heavy (non-hydrogen) atoms. The van der Waals surface area contributed by atoms with Crippen molar-refractivity contribution < 1.29 is 22.3 Å². The van der Waals surface area contributed by atoms with E-state index in [-0.39, 0.29) is 17.0 Å². The maximum atomic E-state index is 13.8. The summed E-state index contributed by atoms with van der Waals surface area (Å²) in [5.41, 5.74) is 1.43. The quantitative estimate of drug-likeness (QED) is 0.557. The Morgan fingerprint density at radius 2 is 2.03 bits per heavy atom. The first kappa shape index (κ1) is 24.8. The number of hydrogen-bond donors (Lipinski definition) is 2. The van der Waals surface area contributed by atoms with Gasteiger partial charge in [-0.3, -0.25) is 4.99 Å². The van der Waals surface area contributed by atoms with Gasteiger partial charge >= 0.3 is 5.97 Å². The number of aromatic nitrogens is 1. The van der Waals surface area contributed by atoms with E-state index in [4.69, 9.17) is 21.3 Å². The van der Waals surface area contributed by atoms with Crippen LogP contribution in [0.15, 0.2) is 46.0 Å². The molecule has 1 atom stereocenters. The lowest BCUT2D eigenvalue weighted by molar-refractivity contribution is -0.136. The zero-order valence-corrected chi connectivity index (χ0v) is 20.9. The van der Waals surface area contributed by atoms with Crippen LogP contribution in [-0.2, 0) is 19.6 Å². The third kappa shape index (κ3) is 5.48. The van der Waals surface area contributed by atoms with Crippen LogP contribution in [-0.4, -0.2) is 44.6 Å². The minimum absolute atomic E-state index is 0.0705. The van der Waals surface area contributed by atoms with Crippen LogP contribution >= 0.6 is 22.9 Å². The molecule has 1 aliphatic carbocycles. The summed E-state index contributed by atoms with van der Waals surface area (Å²) >= 11 is 7.77. The summed E-state index contributed by atoms with van der Waals surface area (Å²) in [6.45, 7) is 0. The monoisotopic (exact) mass is 526 g/mol. The first-order valence-electron chi connectivity index (χ1n) is 10.7. The van der Waals surface area contributed by atoms with E-state index in [1.165, 1.54) is 36.6 Å². The minimum Gasteiger partial charge on any atom is -0.466 e. The Kier molecular flexibility index (Phi) is 7.36. The van der Waals surface area contributed by atoms with Crippen molar-refractivity contribution in [2.45, 2.75) is 37.8 Å². The van der Waals surface area contributed by atoms with E-state index in [1.54, 1.807) is 6.20 Å². The summed E-state index contributed by atoms with van der Waals surface area (Å²) in [6, 6.07) is 3.01. The molecule has 2 aliphatic rings. The second kappa shape index (κ2) is 10.1. The standard InChI is InChI=1S/C22H24ClFN4O4S2/c1-32-22(29)17-18(12-3-6-14(7-4-12)28-34(2,30)31)26-20(21-25-9-10-33-21)27-19(17)15-8-5-13(24)11-16(15)23/h5,8-12,14,19,28H,3-4,6-7H2,1-2H3,(H,26,27). The van der Waals surface area contributed by atoms with Gasteiger partial charge in [0.1, 0.15) is 11.9 Å². The minimum atomic E-state index is -3.31. The average molecular weight is 527 g/mol. The number of nitrogens with one attached hydrogen (secondary N) is 2. The molecule has 1 unspecified atom stereocenters. The highest BCUT2D eigenvalue weighted by molar-refractivity contribution is 7.88. The summed E-state index contributed by atoms with van der Waals surface area (Å²) in [5, 5.41) is 5.91. The maximum Gasteiger partial charge on any atom is 0.338 e. The van der Waals surface area contributed by atoms with Gasteiger partial charge in [0.05, 0.1) is 18.9 Å². The fraction of sp³-hybridized carbons (Fsp3) is 0.409. The van der Waals surface area contributed by atoms with Gasteiger partial charge in [-0.2, -0.15) is 0 Å². The predicted molar refractivity (Wildman–Crippen MR) is 129 cm³/mol. The number of sulfonamides is 1.